The number of rotatable bonds is 4. The molecular formula is C4H6B12. The fraction of sp³-hybridized carbons (Fsp3) is 0.500. The summed E-state index contributed by atoms with van der Waals surface area (Å²) in [5, 5.41) is 0. The zero-order valence-electron chi connectivity index (χ0n) is 9.50. The van der Waals surface area contributed by atoms with E-state index in [9.17, 15) is 0 Å². The van der Waals surface area contributed by atoms with E-state index >= 15 is 0 Å². The molecule has 2 aliphatic heterocycles. The molecule has 0 unspecified atom stereocenters. The van der Waals surface area contributed by atoms with Crippen molar-refractivity contribution in [3.8, 4) is 0 Å². The maximum Gasteiger partial charge on any atom is 0.101 e. The van der Waals surface area contributed by atoms with Crippen molar-refractivity contribution in [3.63, 3.8) is 0 Å². The van der Waals surface area contributed by atoms with Crippen LogP contribution in [0.4, 0.5) is 0 Å². The Kier molecular flexibility index (Phi) is 4.41. The van der Waals surface area contributed by atoms with Crippen LogP contribution < -0.4 is 0 Å². The highest BCUT2D eigenvalue weighted by molar-refractivity contribution is 8.05. The van der Waals surface area contributed by atoms with Crippen LogP contribution in [0.3, 0.4) is 0 Å². The van der Waals surface area contributed by atoms with Gasteiger partial charge in [0.25, 0.3) is 0 Å². The van der Waals surface area contributed by atoms with Crippen molar-refractivity contribution in [1.82, 2.24) is 0 Å². The van der Waals surface area contributed by atoms with Gasteiger partial charge >= 0.3 is 0 Å². The second-order valence-corrected chi connectivity index (χ2v) is 5.02. The van der Waals surface area contributed by atoms with E-state index in [2.05, 4.69) is 12.1 Å². The smallest absolute Gasteiger partial charge is 0.101 e. The molecule has 0 N–H and O–H groups in total. The van der Waals surface area contributed by atoms with Gasteiger partial charge in [-0.1, -0.05) is 6.32 Å². The topological polar surface area (TPSA) is 0 Å². The number of fused-ring (bicyclic) bond motifs is 1. The largest absolute Gasteiger partial charge is 0.137 e. The van der Waals surface area contributed by atoms with E-state index in [1.54, 1.807) is 14.1 Å². The van der Waals surface area contributed by atoms with Gasteiger partial charge in [0.1, 0.15) is 6.60 Å². The van der Waals surface area contributed by atoms with Gasteiger partial charge in [-0.05, 0) is 0 Å². The van der Waals surface area contributed by atoms with Crippen LogP contribution in [0.25, 0.3) is 0 Å². The molecule has 0 aromatic rings. The van der Waals surface area contributed by atoms with Crippen LogP contribution in [0, 0.1) is 0 Å². The summed E-state index contributed by atoms with van der Waals surface area (Å²) < 4.78 is 0. The number of hydrogen-bond acceptors (Lipinski definition) is 0. The molecule has 1 fully saturated rings. The Bertz CT molecular complexity index is 266. The van der Waals surface area contributed by atoms with Crippen LogP contribution in [0.2, 0.25) is 12.5 Å². The van der Waals surface area contributed by atoms with E-state index in [0.29, 0.717) is 26.0 Å². The van der Waals surface area contributed by atoms with Gasteiger partial charge in [-0.2, -0.15) is 0 Å². The molecule has 16 heavy (non-hydrogen) atoms. The molecule has 58 valence electrons. The molecule has 0 aromatic carbocycles. The molecule has 0 nitrogen and oxygen atoms in total. The predicted octanol–water partition coefficient (Wildman–Crippen LogP) is -3.09. The lowest BCUT2D eigenvalue weighted by atomic mass is 8.57. The minimum atomic E-state index is -0.0891. The van der Waals surface area contributed by atoms with Crippen molar-refractivity contribution < 1.29 is 0 Å². The quantitative estimate of drug-likeness (QED) is 0.406. The van der Waals surface area contributed by atoms with Crippen LogP contribution in [-0.2, 0) is 0 Å². The maximum absolute atomic E-state index is 6.09. The zero-order valence-corrected chi connectivity index (χ0v) is 9.50. The monoisotopic (exact) mass is 186 g/mol. The fourth-order valence-corrected chi connectivity index (χ4v) is 3.44. The minimum Gasteiger partial charge on any atom is -0.137 e. The number of allylic oxidation sites excluding steroid dienone is 1. The highest BCUT2D eigenvalue weighted by Gasteiger charge is 2.51. The van der Waals surface area contributed by atoms with Gasteiger partial charge in [0.05, 0.1) is 6.49 Å². The third-order valence-corrected chi connectivity index (χ3v) is 4.24. The summed E-state index contributed by atoms with van der Waals surface area (Å²) in [7, 11) is 26.5. The van der Waals surface area contributed by atoms with Crippen molar-refractivity contribution >= 4 is 83.8 Å². The number of hydrogen-bond donors (Lipinski definition) is 0. The van der Waals surface area contributed by atoms with Crippen molar-refractivity contribution in [3.05, 3.63) is 12.1 Å². The SMILES string of the molecule is [B][B]B([B])B1CB2CC=CB2B1B([B])[B][B]. The summed E-state index contributed by atoms with van der Waals surface area (Å²) in [5.74, 6) is 2.28. The molecule has 0 spiro atoms. The van der Waals surface area contributed by atoms with Gasteiger partial charge in [-0.3, -0.25) is 0 Å². The van der Waals surface area contributed by atoms with Crippen LogP contribution in [0.5, 0.6) is 0 Å². The molecule has 0 amide bonds. The van der Waals surface area contributed by atoms with E-state index in [1.165, 1.54) is 0 Å². The second-order valence-electron chi connectivity index (χ2n) is 5.02. The Morgan fingerprint density at radius 2 is 1.81 bits per heavy atom. The summed E-state index contributed by atoms with van der Waals surface area (Å²) in [6.45, 7) is 1.58. The molecule has 10 radical (unpaired) electrons. The Hall–Kier alpha value is 0.519. The van der Waals surface area contributed by atoms with Gasteiger partial charge in [-0.25, -0.2) is 0 Å². The van der Waals surface area contributed by atoms with E-state index in [0.717, 1.165) is 12.5 Å². The Balaban J connectivity index is 2.15. The molecule has 2 heterocycles. The van der Waals surface area contributed by atoms with Crippen LogP contribution in [0.15, 0.2) is 12.1 Å². The lowest BCUT2D eigenvalue weighted by molar-refractivity contribution is 1.68. The first-order chi connectivity index (χ1) is 7.69. The molecule has 2 aliphatic rings. The highest BCUT2D eigenvalue weighted by Crippen LogP contribution is 2.26. The Morgan fingerprint density at radius 3 is 2.44 bits per heavy atom. The minimum absolute atomic E-state index is 0.0741. The summed E-state index contributed by atoms with van der Waals surface area (Å²) in [4.78, 5) is 0. The van der Waals surface area contributed by atoms with E-state index in [-0.39, 0.29) is 12.8 Å². The van der Waals surface area contributed by atoms with Crippen LogP contribution >= 0.6 is 0 Å². The van der Waals surface area contributed by atoms with Gasteiger partial charge in [0.2, 0.25) is 0 Å². The molecule has 0 bridgehead atoms. The summed E-state index contributed by atoms with van der Waals surface area (Å²) in [6.07, 6.45) is 4.68. The summed E-state index contributed by atoms with van der Waals surface area (Å²) in [6, 6.07) is 0. The first kappa shape index (κ1) is 13.0. The third-order valence-electron chi connectivity index (χ3n) is 4.24. The average Bonchev–Trinajstić information content (AvgIpc) is 2.86. The second kappa shape index (κ2) is 5.44. The molecule has 0 saturated carbocycles. The van der Waals surface area contributed by atoms with Crippen LogP contribution in [0.1, 0.15) is 0 Å². The van der Waals surface area contributed by atoms with Gasteiger partial charge in [0.15, 0.2) is 0 Å². The maximum atomic E-state index is 6.09. The Labute approximate surface area is 108 Å². The first-order valence-electron chi connectivity index (χ1n) is 5.97. The lowest BCUT2D eigenvalue weighted by Gasteiger charge is -2.26. The van der Waals surface area contributed by atoms with Crippen molar-refractivity contribution in [2.75, 3.05) is 0 Å². The predicted molar refractivity (Wildman–Crippen MR) is 87.8 cm³/mol. The van der Waals surface area contributed by atoms with Crippen molar-refractivity contribution in [2.45, 2.75) is 12.5 Å². The Morgan fingerprint density at radius 1 is 1.12 bits per heavy atom. The summed E-state index contributed by atoms with van der Waals surface area (Å²) >= 11 is 0. The zero-order chi connectivity index (χ0) is 11.7. The summed E-state index contributed by atoms with van der Waals surface area (Å²) in [5.41, 5.74) is 0. The van der Waals surface area contributed by atoms with Gasteiger partial charge < -0.3 is 0 Å². The van der Waals surface area contributed by atoms with Crippen LogP contribution in [-0.4, -0.2) is 83.8 Å². The molecular weight excluding hydrogens is 178 g/mol. The van der Waals surface area contributed by atoms with Gasteiger partial charge in [-0.15, -0.1) is 18.3 Å². The molecule has 0 aliphatic carbocycles. The highest BCUT2D eigenvalue weighted by atomic mass is 13.8. The average molecular weight is 184 g/mol. The lowest BCUT2D eigenvalue weighted by Crippen LogP contribution is -2.64. The van der Waals surface area contributed by atoms with Crippen molar-refractivity contribution in [2.24, 2.45) is 0 Å². The molecule has 12 heteroatoms. The standard InChI is InChI=1S/C4H6B12/c5-9-14(7)13-4-11-2-1-3-12(11)16(13)15(8)10-6/h1,3H,2,4H2. The van der Waals surface area contributed by atoms with Crippen molar-refractivity contribution in [1.29, 1.82) is 0 Å². The normalized spacial score (nSPS) is 17.8. The van der Waals surface area contributed by atoms with E-state index in [4.69, 9.17) is 30.9 Å². The molecule has 1 saturated heterocycles. The molecule has 2 rings (SSSR count). The molecule has 0 atom stereocenters. The fourth-order valence-electron chi connectivity index (χ4n) is 3.44. The van der Waals surface area contributed by atoms with Gasteiger partial charge in [0, 0.05) is 70.7 Å². The van der Waals surface area contributed by atoms with E-state index < -0.39 is 0 Å². The third kappa shape index (κ3) is 2.23. The van der Waals surface area contributed by atoms with E-state index in [1.807, 2.05) is 0 Å². The molecule has 0 aromatic heterocycles. The first-order valence-corrected chi connectivity index (χ1v) is 5.97.